The Labute approximate surface area is 181 Å². The first-order chi connectivity index (χ1) is 14.8. The molecular formula is C20H18F2N4O3S2. The molecule has 1 atom stereocenters. The summed E-state index contributed by atoms with van der Waals surface area (Å²) in [5.74, 6) is -1.86. The van der Waals surface area contributed by atoms with E-state index in [0.717, 1.165) is 17.4 Å². The highest BCUT2D eigenvalue weighted by Crippen LogP contribution is 2.38. The van der Waals surface area contributed by atoms with E-state index in [9.17, 15) is 22.0 Å². The summed E-state index contributed by atoms with van der Waals surface area (Å²) >= 11 is 0.949. The van der Waals surface area contributed by atoms with Gasteiger partial charge in [-0.2, -0.15) is 4.31 Å². The fraction of sp³-hybridized carbons (Fsp3) is 0.250. The summed E-state index contributed by atoms with van der Waals surface area (Å²) in [5.41, 5.74) is 0.449. The average Bonchev–Trinajstić information content (AvgIpc) is 3.41. The lowest BCUT2D eigenvalue weighted by molar-refractivity contribution is 0.102. The number of hydrogen-bond acceptors (Lipinski definition) is 6. The number of sulfonamides is 1. The van der Waals surface area contributed by atoms with E-state index in [1.165, 1.54) is 34.6 Å². The Hall–Kier alpha value is -2.76. The number of para-hydroxylation sites is 1. The minimum absolute atomic E-state index is 0.00978. The number of aromatic nitrogens is 2. The monoisotopic (exact) mass is 464 g/mol. The van der Waals surface area contributed by atoms with E-state index < -0.39 is 33.6 Å². The van der Waals surface area contributed by atoms with E-state index in [2.05, 4.69) is 15.5 Å². The Morgan fingerprint density at radius 2 is 1.97 bits per heavy atom. The van der Waals surface area contributed by atoms with Gasteiger partial charge in [0.15, 0.2) is 0 Å². The molecule has 0 saturated carbocycles. The number of carbonyl (C=O) groups excluding carboxylic acids is 1. The summed E-state index contributed by atoms with van der Waals surface area (Å²) in [6.45, 7) is 1.85. The second-order valence-corrected chi connectivity index (χ2v) is 9.93. The Morgan fingerprint density at radius 3 is 2.74 bits per heavy atom. The lowest BCUT2D eigenvalue weighted by Gasteiger charge is -2.23. The van der Waals surface area contributed by atoms with Crippen LogP contribution >= 0.6 is 11.3 Å². The summed E-state index contributed by atoms with van der Waals surface area (Å²) in [6.07, 6.45) is 1.09. The second kappa shape index (κ2) is 8.40. The highest BCUT2D eigenvalue weighted by Gasteiger charge is 2.39. The third kappa shape index (κ3) is 4.21. The van der Waals surface area contributed by atoms with Crippen LogP contribution in [-0.4, -0.2) is 35.4 Å². The first kappa shape index (κ1) is 21.5. The van der Waals surface area contributed by atoms with Gasteiger partial charge in [0.1, 0.15) is 16.6 Å². The van der Waals surface area contributed by atoms with Crippen LogP contribution in [0.15, 0.2) is 47.4 Å². The predicted octanol–water partition coefficient (Wildman–Crippen LogP) is 3.90. The Kier molecular flexibility index (Phi) is 5.82. The van der Waals surface area contributed by atoms with E-state index >= 15 is 0 Å². The molecule has 1 amide bonds. The first-order valence-electron chi connectivity index (χ1n) is 9.44. The maximum Gasteiger partial charge on any atom is 0.286 e. The van der Waals surface area contributed by atoms with Crippen LogP contribution in [0.3, 0.4) is 0 Å². The number of anilines is 1. The molecule has 7 nitrogen and oxygen atoms in total. The normalized spacial score (nSPS) is 17.1. The van der Waals surface area contributed by atoms with Crippen molar-refractivity contribution in [2.24, 2.45) is 0 Å². The molecule has 2 heterocycles. The first-order valence-corrected chi connectivity index (χ1v) is 11.7. The number of aryl methyl sites for hydroxylation is 1. The lowest BCUT2D eigenvalue weighted by Crippen LogP contribution is -2.31. The molecule has 0 spiro atoms. The van der Waals surface area contributed by atoms with Crippen molar-refractivity contribution < 1.29 is 22.0 Å². The third-order valence-electron chi connectivity index (χ3n) is 4.98. The molecule has 1 N–H and O–H groups in total. The molecular weight excluding hydrogens is 446 g/mol. The van der Waals surface area contributed by atoms with Crippen molar-refractivity contribution in [2.45, 2.75) is 30.7 Å². The molecule has 1 saturated heterocycles. The highest BCUT2D eigenvalue weighted by atomic mass is 32.2. The van der Waals surface area contributed by atoms with E-state index in [0.29, 0.717) is 23.4 Å². The number of nitrogens with one attached hydrogen (secondary N) is 1. The molecule has 1 aromatic heterocycles. The van der Waals surface area contributed by atoms with Gasteiger partial charge in [-0.15, -0.1) is 10.2 Å². The fourth-order valence-electron chi connectivity index (χ4n) is 3.45. The highest BCUT2D eigenvalue weighted by molar-refractivity contribution is 7.89. The summed E-state index contributed by atoms with van der Waals surface area (Å²) in [5, 5.41) is 10.7. The van der Waals surface area contributed by atoms with Gasteiger partial charge >= 0.3 is 0 Å². The van der Waals surface area contributed by atoms with Crippen LogP contribution < -0.4 is 5.32 Å². The van der Waals surface area contributed by atoms with Gasteiger partial charge in [-0.25, -0.2) is 17.2 Å². The molecule has 0 bridgehead atoms. The maximum atomic E-state index is 13.8. The quantitative estimate of drug-likeness (QED) is 0.618. The number of carbonyl (C=O) groups is 1. The largest absolute Gasteiger partial charge is 0.317 e. The van der Waals surface area contributed by atoms with Gasteiger partial charge in [0.05, 0.1) is 16.6 Å². The number of hydrogen-bond donors (Lipinski definition) is 1. The molecule has 0 radical (unpaired) electrons. The third-order valence-corrected chi connectivity index (χ3v) is 8.06. The summed E-state index contributed by atoms with van der Waals surface area (Å²) in [7, 11) is -3.97. The van der Waals surface area contributed by atoms with Crippen molar-refractivity contribution in [2.75, 3.05) is 11.9 Å². The minimum Gasteiger partial charge on any atom is -0.317 e. The van der Waals surface area contributed by atoms with E-state index in [1.807, 2.05) is 0 Å². The standard InChI is InChI=1S/C20H18F2N4O3S2/c1-12-8-9-13(21)11-17(12)31(28,29)26-10-4-7-16(26)19-24-25-20(30-19)18(27)23-15-6-3-2-5-14(15)22/h2-3,5-6,8-9,11,16H,4,7,10H2,1H3,(H,23,27)/t16-/m0/s1. The molecule has 4 rings (SSSR count). The minimum atomic E-state index is -3.97. The van der Waals surface area contributed by atoms with Crippen LogP contribution in [0.4, 0.5) is 14.5 Å². The lowest BCUT2D eigenvalue weighted by atomic mass is 10.2. The summed E-state index contributed by atoms with van der Waals surface area (Å²) in [6, 6.07) is 8.75. The molecule has 31 heavy (non-hydrogen) atoms. The molecule has 0 aliphatic carbocycles. The van der Waals surface area contributed by atoms with Crippen molar-refractivity contribution in [3.8, 4) is 0 Å². The summed E-state index contributed by atoms with van der Waals surface area (Å²) in [4.78, 5) is 12.3. The van der Waals surface area contributed by atoms with Crippen LogP contribution in [0.2, 0.25) is 0 Å². The van der Waals surface area contributed by atoms with Gasteiger partial charge in [-0.1, -0.05) is 29.5 Å². The summed E-state index contributed by atoms with van der Waals surface area (Å²) < 4.78 is 55.2. The average molecular weight is 465 g/mol. The topological polar surface area (TPSA) is 92.3 Å². The predicted molar refractivity (Wildman–Crippen MR) is 111 cm³/mol. The van der Waals surface area contributed by atoms with Gasteiger partial charge in [0.2, 0.25) is 15.0 Å². The van der Waals surface area contributed by atoms with E-state index in [-0.39, 0.29) is 22.1 Å². The molecule has 1 fully saturated rings. The zero-order valence-corrected chi connectivity index (χ0v) is 18.0. The van der Waals surface area contributed by atoms with Crippen LogP contribution in [0.5, 0.6) is 0 Å². The zero-order valence-electron chi connectivity index (χ0n) is 16.4. The van der Waals surface area contributed by atoms with Gasteiger partial charge in [-0.05, 0) is 49.6 Å². The molecule has 3 aromatic rings. The Bertz CT molecular complexity index is 1250. The molecule has 162 valence electrons. The van der Waals surface area contributed by atoms with E-state index in [4.69, 9.17) is 0 Å². The van der Waals surface area contributed by atoms with Crippen molar-refractivity contribution in [1.29, 1.82) is 0 Å². The Balaban J connectivity index is 1.59. The Morgan fingerprint density at radius 1 is 1.19 bits per heavy atom. The van der Waals surface area contributed by atoms with Crippen molar-refractivity contribution in [3.63, 3.8) is 0 Å². The number of halogens is 2. The maximum absolute atomic E-state index is 13.8. The van der Waals surface area contributed by atoms with Gasteiger partial charge in [-0.3, -0.25) is 4.79 Å². The van der Waals surface area contributed by atoms with Gasteiger partial charge in [0, 0.05) is 6.54 Å². The molecule has 1 aliphatic rings. The smallest absolute Gasteiger partial charge is 0.286 e. The van der Waals surface area contributed by atoms with E-state index in [1.54, 1.807) is 13.0 Å². The molecule has 1 aliphatic heterocycles. The van der Waals surface area contributed by atoms with Crippen LogP contribution in [-0.2, 0) is 10.0 Å². The second-order valence-electron chi connectivity index (χ2n) is 7.06. The fourth-order valence-corrected chi connectivity index (χ4v) is 6.30. The van der Waals surface area contributed by atoms with Gasteiger partial charge in [0.25, 0.3) is 5.91 Å². The molecule has 11 heteroatoms. The number of amides is 1. The number of rotatable bonds is 5. The molecule has 2 aromatic carbocycles. The van der Waals surface area contributed by atoms with Crippen LogP contribution in [0.25, 0.3) is 0 Å². The zero-order chi connectivity index (χ0) is 22.2. The van der Waals surface area contributed by atoms with Gasteiger partial charge < -0.3 is 5.32 Å². The van der Waals surface area contributed by atoms with Crippen molar-refractivity contribution in [1.82, 2.24) is 14.5 Å². The number of nitrogens with zero attached hydrogens (tertiary/aromatic N) is 3. The van der Waals surface area contributed by atoms with Crippen molar-refractivity contribution >= 4 is 33.0 Å². The number of benzene rings is 2. The van der Waals surface area contributed by atoms with Crippen LogP contribution in [0.1, 0.15) is 39.3 Å². The van der Waals surface area contributed by atoms with Crippen LogP contribution in [0, 0.1) is 18.6 Å². The molecule has 0 unspecified atom stereocenters. The van der Waals surface area contributed by atoms with Crippen molar-refractivity contribution in [3.05, 3.63) is 69.7 Å². The SMILES string of the molecule is Cc1ccc(F)cc1S(=O)(=O)N1CCC[C@H]1c1nnc(C(=O)Nc2ccccc2F)s1.